The van der Waals surface area contributed by atoms with Crippen LogP contribution in [0.2, 0.25) is 0 Å². The zero-order chi connectivity index (χ0) is 13.8. The number of hydrogen-bond donors (Lipinski definition) is 0. The predicted molar refractivity (Wildman–Crippen MR) is 70.6 cm³/mol. The predicted octanol–water partition coefficient (Wildman–Crippen LogP) is 1.46. The fourth-order valence-corrected chi connectivity index (χ4v) is 2.66. The number of aromatic nitrogens is 5. The summed E-state index contributed by atoms with van der Waals surface area (Å²) in [6.07, 6.45) is 1.75. The fourth-order valence-electron chi connectivity index (χ4n) is 1.24. The molecule has 0 atom stereocenters. The number of pyridine rings is 1. The molecule has 0 amide bonds. The molecule has 19 heavy (non-hydrogen) atoms. The maximum atomic E-state index is 11.2. The van der Waals surface area contributed by atoms with Gasteiger partial charge in [-0.15, -0.1) is 5.10 Å². The Labute approximate surface area is 121 Å². The molecule has 0 N–H and O–H groups in total. The third-order valence-electron chi connectivity index (χ3n) is 2.14. The Morgan fingerprint density at radius 1 is 1.58 bits per heavy atom. The largest absolute Gasteiger partial charge is 0.468 e. The highest BCUT2D eigenvalue weighted by Crippen LogP contribution is 2.30. The molecule has 0 saturated carbocycles. The number of hydrogen-bond acceptors (Lipinski definition) is 7. The number of esters is 1. The van der Waals surface area contributed by atoms with E-state index < -0.39 is 5.97 Å². The van der Waals surface area contributed by atoms with Crippen molar-refractivity contribution in [3.8, 4) is 0 Å². The lowest BCUT2D eigenvalue weighted by atomic mass is 10.3. The van der Waals surface area contributed by atoms with E-state index in [1.165, 1.54) is 23.6 Å². The van der Waals surface area contributed by atoms with Crippen molar-refractivity contribution in [3.63, 3.8) is 0 Å². The van der Waals surface area contributed by atoms with Crippen molar-refractivity contribution in [1.82, 2.24) is 25.2 Å². The summed E-state index contributed by atoms with van der Waals surface area (Å²) in [4.78, 5) is 15.5. The van der Waals surface area contributed by atoms with Gasteiger partial charge in [-0.3, -0.25) is 4.79 Å². The maximum Gasteiger partial charge on any atom is 0.327 e. The van der Waals surface area contributed by atoms with Gasteiger partial charge in [0.25, 0.3) is 0 Å². The van der Waals surface area contributed by atoms with Crippen LogP contribution in [-0.2, 0) is 16.1 Å². The van der Waals surface area contributed by atoms with Crippen LogP contribution in [0.3, 0.4) is 0 Å². The SMILES string of the molecule is COC(=O)Cn1nnnc1Sc1ncc(C)cc1Br. The van der Waals surface area contributed by atoms with Crippen LogP contribution in [0.4, 0.5) is 0 Å². The van der Waals surface area contributed by atoms with Crippen molar-refractivity contribution >= 4 is 33.7 Å². The average molecular weight is 344 g/mol. The van der Waals surface area contributed by atoms with Gasteiger partial charge in [0.2, 0.25) is 5.16 Å². The molecule has 2 heterocycles. The normalized spacial score (nSPS) is 10.5. The van der Waals surface area contributed by atoms with Gasteiger partial charge in [0.15, 0.2) is 0 Å². The van der Waals surface area contributed by atoms with E-state index in [2.05, 4.69) is 41.2 Å². The zero-order valence-electron chi connectivity index (χ0n) is 10.2. The Bertz CT molecular complexity index is 603. The van der Waals surface area contributed by atoms with Gasteiger partial charge < -0.3 is 4.74 Å². The molecule has 0 aliphatic rings. The Morgan fingerprint density at radius 2 is 2.37 bits per heavy atom. The summed E-state index contributed by atoms with van der Waals surface area (Å²) < 4.78 is 6.80. The maximum absolute atomic E-state index is 11.2. The average Bonchev–Trinajstić information content (AvgIpc) is 2.80. The van der Waals surface area contributed by atoms with E-state index >= 15 is 0 Å². The standard InChI is InChI=1S/C10H10BrN5O2S/c1-6-3-7(11)9(12-4-6)19-10-13-14-15-16(10)5-8(17)18-2/h3-4H,5H2,1-2H3. The van der Waals surface area contributed by atoms with E-state index in [0.29, 0.717) is 5.16 Å². The van der Waals surface area contributed by atoms with Gasteiger partial charge in [0, 0.05) is 6.20 Å². The van der Waals surface area contributed by atoms with Crippen molar-refractivity contribution in [2.24, 2.45) is 0 Å². The number of halogens is 1. The first-order valence-corrected chi connectivity index (χ1v) is 6.84. The van der Waals surface area contributed by atoms with Gasteiger partial charge >= 0.3 is 5.97 Å². The van der Waals surface area contributed by atoms with Crippen molar-refractivity contribution in [2.75, 3.05) is 7.11 Å². The summed E-state index contributed by atoms with van der Waals surface area (Å²) in [7, 11) is 1.32. The first-order chi connectivity index (χ1) is 9.10. The van der Waals surface area contributed by atoms with E-state index in [1.54, 1.807) is 6.20 Å². The third kappa shape index (κ3) is 3.51. The molecule has 0 fully saturated rings. The zero-order valence-corrected chi connectivity index (χ0v) is 12.6. The molecule has 0 aliphatic carbocycles. The van der Waals surface area contributed by atoms with Gasteiger partial charge in [-0.2, -0.15) is 0 Å². The number of ether oxygens (including phenoxy) is 1. The van der Waals surface area contributed by atoms with Gasteiger partial charge in [-0.1, -0.05) is 0 Å². The van der Waals surface area contributed by atoms with E-state index in [-0.39, 0.29) is 6.54 Å². The minimum absolute atomic E-state index is 0.0324. The monoisotopic (exact) mass is 343 g/mol. The first kappa shape index (κ1) is 13.9. The lowest BCUT2D eigenvalue weighted by Crippen LogP contribution is -2.13. The first-order valence-electron chi connectivity index (χ1n) is 5.23. The highest BCUT2D eigenvalue weighted by molar-refractivity contribution is 9.10. The van der Waals surface area contributed by atoms with E-state index in [1.807, 2.05) is 13.0 Å². The lowest BCUT2D eigenvalue weighted by molar-refractivity contribution is -0.141. The Balaban J connectivity index is 2.19. The number of tetrazole rings is 1. The van der Waals surface area contributed by atoms with Gasteiger partial charge in [-0.05, 0) is 56.7 Å². The molecule has 0 spiro atoms. The number of nitrogens with zero attached hydrogens (tertiary/aromatic N) is 5. The number of carbonyl (C=O) groups excluding carboxylic acids is 1. The van der Waals surface area contributed by atoms with Crippen LogP contribution in [0.15, 0.2) is 26.9 Å². The summed E-state index contributed by atoms with van der Waals surface area (Å²) in [5, 5.41) is 12.3. The van der Waals surface area contributed by atoms with Crippen LogP contribution < -0.4 is 0 Å². The molecule has 9 heteroatoms. The molecular formula is C10H10BrN5O2S. The molecule has 100 valence electrons. The summed E-state index contributed by atoms with van der Waals surface area (Å²) in [6.45, 7) is 1.92. The summed E-state index contributed by atoms with van der Waals surface area (Å²) in [6, 6.07) is 1.95. The molecule has 7 nitrogen and oxygen atoms in total. The highest BCUT2D eigenvalue weighted by Gasteiger charge is 2.14. The molecule has 0 saturated heterocycles. The quantitative estimate of drug-likeness (QED) is 0.777. The number of aryl methyl sites for hydroxylation is 1. The van der Waals surface area contributed by atoms with Crippen molar-refractivity contribution < 1.29 is 9.53 Å². The van der Waals surface area contributed by atoms with Gasteiger partial charge in [-0.25, -0.2) is 9.67 Å². The van der Waals surface area contributed by atoms with Crippen molar-refractivity contribution in [2.45, 2.75) is 23.7 Å². The van der Waals surface area contributed by atoms with Crippen molar-refractivity contribution in [3.05, 3.63) is 22.3 Å². The van der Waals surface area contributed by atoms with E-state index in [0.717, 1.165) is 15.1 Å². The van der Waals surface area contributed by atoms with E-state index in [4.69, 9.17) is 0 Å². The molecule has 0 radical (unpaired) electrons. The number of rotatable bonds is 4. The number of carbonyl (C=O) groups is 1. The Kier molecular flexibility index (Phi) is 4.48. The molecule has 2 aromatic heterocycles. The molecule has 2 aromatic rings. The molecule has 0 bridgehead atoms. The minimum Gasteiger partial charge on any atom is -0.468 e. The minimum atomic E-state index is -0.412. The van der Waals surface area contributed by atoms with Crippen molar-refractivity contribution in [1.29, 1.82) is 0 Å². The third-order valence-corrected chi connectivity index (χ3v) is 4.00. The van der Waals surface area contributed by atoms with E-state index in [9.17, 15) is 4.79 Å². The van der Waals surface area contributed by atoms with Gasteiger partial charge in [0.05, 0.1) is 11.6 Å². The number of methoxy groups -OCH3 is 1. The summed E-state index contributed by atoms with van der Waals surface area (Å²) in [5.41, 5.74) is 1.05. The topological polar surface area (TPSA) is 82.8 Å². The Morgan fingerprint density at radius 3 is 3.05 bits per heavy atom. The summed E-state index contributed by atoms with van der Waals surface area (Å²) >= 11 is 4.70. The fraction of sp³-hybridized carbons (Fsp3) is 0.300. The molecule has 0 unspecified atom stereocenters. The van der Waals surface area contributed by atoms with Crippen LogP contribution in [-0.4, -0.2) is 38.3 Å². The second kappa shape index (κ2) is 6.11. The second-order valence-corrected chi connectivity index (χ2v) is 5.41. The Hall–Kier alpha value is -1.48. The van der Waals surface area contributed by atoms with Crippen LogP contribution >= 0.6 is 27.7 Å². The molecule has 2 rings (SSSR count). The smallest absolute Gasteiger partial charge is 0.327 e. The van der Waals surface area contributed by atoms with Crippen LogP contribution in [0.1, 0.15) is 5.56 Å². The molecule has 0 aliphatic heterocycles. The molecular weight excluding hydrogens is 334 g/mol. The summed E-state index contributed by atoms with van der Waals surface area (Å²) in [5.74, 6) is -0.412. The molecule has 0 aromatic carbocycles. The second-order valence-electron chi connectivity index (χ2n) is 3.60. The van der Waals surface area contributed by atoms with Crippen LogP contribution in [0.25, 0.3) is 0 Å². The van der Waals surface area contributed by atoms with Gasteiger partial charge in [0.1, 0.15) is 11.6 Å². The van der Waals surface area contributed by atoms with Crippen LogP contribution in [0, 0.1) is 6.92 Å². The lowest BCUT2D eigenvalue weighted by Gasteiger charge is -2.04. The van der Waals surface area contributed by atoms with Crippen LogP contribution in [0.5, 0.6) is 0 Å². The highest BCUT2D eigenvalue weighted by atomic mass is 79.9.